The molecular weight excluding hydrogens is 308 g/mol. The molecule has 0 aliphatic carbocycles. The fraction of sp³-hybridized carbons (Fsp3) is 0.529. The number of nitrogens with two attached hydrogens (primary N) is 1. The van der Waals surface area contributed by atoms with Gasteiger partial charge in [-0.25, -0.2) is 0 Å². The summed E-state index contributed by atoms with van der Waals surface area (Å²) in [5.41, 5.74) is 2.46. The Kier molecular flexibility index (Phi) is 10.0. The number of rotatable bonds is 13. The van der Waals surface area contributed by atoms with Crippen LogP contribution in [0.5, 0.6) is 0 Å². The Morgan fingerprint density at radius 3 is 2.30 bits per heavy atom. The fourth-order valence-electron chi connectivity index (χ4n) is 2.37. The first kappa shape index (κ1) is 20.0. The molecule has 1 aromatic carbocycles. The first-order valence-electron chi connectivity index (χ1n) is 8.09. The molecule has 0 amide bonds. The molecule has 0 saturated carbocycles. The van der Waals surface area contributed by atoms with Gasteiger partial charge in [0.05, 0.1) is 13.1 Å². The second-order valence-electron chi connectivity index (χ2n) is 5.39. The minimum Gasteiger partial charge on any atom is -0.377 e. The average Bonchev–Trinajstić information content (AvgIpc) is 2.61. The lowest BCUT2D eigenvalue weighted by Gasteiger charge is -2.23. The molecule has 130 valence electrons. The summed E-state index contributed by atoms with van der Waals surface area (Å²) < 4.78 is 16.2. The normalized spacial score (nSPS) is 11.6. The number of hydrogen-bond donors (Lipinski definition) is 2. The van der Waals surface area contributed by atoms with Crippen LogP contribution in [0, 0.1) is 0 Å². The van der Waals surface area contributed by atoms with Crippen molar-refractivity contribution in [2.24, 2.45) is 0 Å². The topological polar surface area (TPSA) is 56.3 Å². The van der Waals surface area contributed by atoms with Crippen molar-refractivity contribution in [1.82, 2.24) is 5.32 Å². The van der Waals surface area contributed by atoms with E-state index < -0.39 is 8.80 Å². The fourth-order valence-corrected chi connectivity index (χ4v) is 4.12. The lowest BCUT2D eigenvalue weighted by molar-refractivity contribution is -0.653. The maximum Gasteiger partial charge on any atom is 0.500 e. The molecule has 0 bridgehead atoms. The molecule has 3 N–H and O–H groups in total. The molecule has 0 aliphatic heterocycles. The first-order valence-corrected chi connectivity index (χ1v) is 10.0. The summed E-state index contributed by atoms with van der Waals surface area (Å²) in [5.74, 6) is 0. The summed E-state index contributed by atoms with van der Waals surface area (Å²) >= 11 is 0. The number of hydrogen-bond acceptors (Lipinski definition) is 4. The molecule has 0 aliphatic rings. The van der Waals surface area contributed by atoms with Gasteiger partial charge in [0.25, 0.3) is 0 Å². The van der Waals surface area contributed by atoms with Gasteiger partial charge in [-0.2, -0.15) is 0 Å². The molecule has 0 unspecified atom stereocenters. The van der Waals surface area contributed by atoms with Crippen LogP contribution in [0.4, 0.5) is 0 Å². The highest BCUT2D eigenvalue weighted by Crippen LogP contribution is 2.13. The maximum atomic E-state index is 5.41. The molecule has 0 heterocycles. The van der Waals surface area contributed by atoms with Crippen LogP contribution in [0.2, 0.25) is 6.04 Å². The van der Waals surface area contributed by atoms with E-state index in [0.29, 0.717) is 0 Å². The third-order valence-corrected chi connectivity index (χ3v) is 6.73. The van der Waals surface area contributed by atoms with Gasteiger partial charge in [-0.3, -0.25) is 0 Å². The van der Waals surface area contributed by atoms with E-state index in [0.717, 1.165) is 44.2 Å². The third kappa shape index (κ3) is 7.39. The van der Waals surface area contributed by atoms with Crippen LogP contribution < -0.4 is 10.6 Å². The van der Waals surface area contributed by atoms with E-state index in [1.54, 1.807) is 21.3 Å². The lowest BCUT2D eigenvalue weighted by Crippen LogP contribution is -2.85. The molecule has 0 spiro atoms. The van der Waals surface area contributed by atoms with Gasteiger partial charge < -0.3 is 23.9 Å². The Labute approximate surface area is 141 Å². The van der Waals surface area contributed by atoms with Crippen LogP contribution in [0.1, 0.15) is 17.5 Å². The second kappa shape index (κ2) is 11.5. The molecule has 6 heteroatoms. The van der Waals surface area contributed by atoms with Gasteiger partial charge in [-0.1, -0.05) is 36.9 Å². The molecule has 0 saturated heterocycles. The van der Waals surface area contributed by atoms with Crippen LogP contribution in [0.25, 0.3) is 6.08 Å². The Bertz CT molecular complexity index is 428. The van der Waals surface area contributed by atoms with Crippen molar-refractivity contribution in [3.05, 3.63) is 42.0 Å². The summed E-state index contributed by atoms with van der Waals surface area (Å²) in [6.45, 7) is 7.77. The van der Waals surface area contributed by atoms with Gasteiger partial charge in [0, 0.05) is 46.9 Å². The standard InChI is InChI=1S/C17H30N2O3Si/c1-5-16-7-9-17(10-8-16)15-19-13-12-18-11-6-14-23(20-2,21-3)22-4/h5,7-10,18-19H,1,6,11-15H2,2-4H3/p+1. The Hall–Kier alpha value is -1.02. The summed E-state index contributed by atoms with van der Waals surface area (Å²) in [7, 11) is 2.60. The highest BCUT2D eigenvalue weighted by atomic mass is 28.4. The van der Waals surface area contributed by atoms with Crippen LogP contribution in [-0.2, 0) is 19.8 Å². The van der Waals surface area contributed by atoms with E-state index in [1.807, 2.05) is 6.08 Å². The minimum atomic E-state index is -2.39. The number of quaternary nitrogens is 1. The van der Waals surface area contributed by atoms with Crippen LogP contribution in [-0.4, -0.2) is 49.8 Å². The van der Waals surface area contributed by atoms with E-state index in [2.05, 4.69) is 41.5 Å². The zero-order valence-electron chi connectivity index (χ0n) is 14.6. The first-order chi connectivity index (χ1) is 11.2. The van der Waals surface area contributed by atoms with E-state index in [4.69, 9.17) is 13.3 Å². The van der Waals surface area contributed by atoms with E-state index in [9.17, 15) is 0 Å². The number of nitrogens with one attached hydrogen (secondary N) is 1. The summed E-state index contributed by atoms with van der Waals surface area (Å²) in [5, 5.41) is 5.77. The van der Waals surface area contributed by atoms with Crippen molar-refractivity contribution in [2.75, 3.05) is 41.0 Å². The van der Waals surface area contributed by atoms with Gasteiger partial charge in [-0.15, -0.1) is 0 Å². The Morgan fingerprint density at radius 1 is 1.09 bits per heavy atom. The largest absolute Gasteiger partial charge is 0.500 e. The van der Waals surface area contributed by atoms with Gasteiger partial charge in [0.1, 0.15) is 0 Å². The Morgan fingerprint density at radius 2 is 1.74 bits per heavy atom. The molecule has 0 fully saturated rings. The molecule has 0 radical (unpaired) electrons. The smallest absolute Gasteiger partial charge is 0.377 e. The van der Waals surface area contributed by atoms with Crippen molar-refractivity contribution in [2.45, 2.75) is 19.0 Å². The monoisotopic (exact) mass is 339 g/mol. The zero-order valence-corrected chi connectivity index (χ0v) is 15.6. The second-order valence-corrected chi connectivity index (χ2v) is 8.48. The molecule has 0 aromatic heterocycles. The van der Waals surface area contributed by atoms with Crippen molar-refractivity contribution >= 4 is 14.9 Å². The molecule has 1 aromatic rings. The summed E-state index contributed by atoms with van der Waals surface area (Å²) in [6, 6.07) is 9.31. The highest BCUT2D eigenvalue weighted by Gasteiger charge is 2.36. The van der Waals surface area contributed by atoms with Crippen LogP contribution in [0.15, 0.2) is 30.8 Å². The summed E-state index contributed by atoms with van der Waals surface area (Å²) in [6.07, 6.45) is 2.89. The quantitative estimate of drug-likeness (QED) is 0.419. The average molecular weight is 340 g/mol. The molecule has 23 heavy (non-hydrogen) atoms. The molecule has 0 atom stereocenters. The van der Waals surface area contributed by atoms with Crippen LogP contribution >= 0.6 is 0 Å². The predicted molar refractivity (Wildman–Crippen MR) is 96.1 cm³/mol. The maximum absolute atomic E-state index is 5.41. The van der Waals surface area contributed by atoms with Crippen LogP contribution in [0.3, 0.4) is 0 Å². The van der Waals surface area contributed by atoms with Crippen molar-refractivity contribution < 1.29 is 18.6 Å². The van der Waals surface area contributed by atoms with E-state index in [-0.39, 0.29) is 0 Å². The van der Waals surface area contributed by atoms with Crippen molar-refractivity contribution in [3.8, 4) is 0 Å². The van der Waals surface area contributed by atoms with E-state index in [1.165, 1.54) is 5.56 Å². The molecular formula is C17H31N2O3Si+. The minimum absolute atomic E-state index is 0.857. The van der Waals surface area contributed by atoms with Crippen molar-refractivity contribution in [1.29, 1.82) is 0 Å². The highest BCUT2D eigenvalue weighted by molar-refractivity contribution is 6.60. The lowest BCUT2D eigenvalue weighted by atomic mass is 10.1. The zero-order chi connectivity index (χ0) is 17.0. The van der Waals surface area contributed by atoms with Crippen molar-refractivity contribution in [3.63, 3.8) is 0 Å². The van der Waals surface area contributed by atoms with Gasteiger partial charge in [-0.05, 0) is 11.1 Å². The van der Waals surface area contributed by atoms with Gasteiger partial charge in [0.15, 0.2) is 0 Å². The molecule has 5 nitrogen and oxygen atoms in total. The number of benzene rings is 1. The van der Waals surface area contributed by atoms with Gasteiger partial charge in [0.2, 0.25) is 0 Å². The predicted octanol–water partition coefficient (Wildman–Crippen LogP) is 1.25. The molecule has 1 rings (SSSR count). The SMILES string of the molecule is C=Cc1ccc(CNCC[NH2+]CCC[Si](OC)(OC)OC)cc1. The summed E-state index contributed by atoms with van der Waals surface area (Å²) in [4.78, 5) is 0. The van der Waals surface area contributed by atoms with E-state index >= 15 is 0 Å². The Balaban J connectivity index is 2.06. The third-order valence-electron chi connectivity index (χ3n) is 3.89. The van der Waals surface area contributed by atoms with Gasteiger partial charge >= 0.3 is 8.80 Å².